The highest BCUT2D eigenvalue weighted by molar-refractivity contribution is 5.78. The van der Waals surface area contributed by atoms with Gasteiger partial charge in [0, 0.05) is 26.2 Å². The van der Waals surface area contributed by atoms with Crippen molar-refractivity contribution < 1.29 is 19.1 Å². The molecular weight excluding hydrogens is 320 g/mol. The molecule has 0 saturated carbocycles. The molecule has 0 radical (unpaired) electrons. The van der Waals surface area contributed by atoms with Gasteiger partial charge in [-0.25, -0.2) is 4.79 Å². The summed E-state index contributed by atoms with van der Waals surface area (Å²) in [5.41, 5.74) is 2.33. The van der Waals surface area contributed by atoms with E-state index in [1.807, 2.05) is 45.9 Å². The van der Waals surface area contributed by atoms with Gasteiger partial charge in [0.05, 0.1) is 6.61 Å². The lowest BCUT2D eigenvalue weighted by Crippen LogP contribution is -2.51. The molecule has 138 valence electrons. The summed E-state index contributed by atoms with van der Waals surface area (Å²) >= 11 is 0. The van der Waals surface area contributed by atoms with Crippen molar-refractivity contribution in [2.75, 3.05) is 39.4 Å². The molecule has 0 aromatic heterocycles. The van der Waals surface area contributed by atoms with Gasteiger partial charge in [-0.3, -0.25) is 4.79 Å². The van der Waals surface area contributed by atoms with Crippen molar-refractivity contribution in [3.63, 3.8) is 0 Å². The van der Waals surface area contributed by atoms with Crippen molar-refractivity contribution in [1.82, 2.24) is 9.80 Å². The van der Waals surface area contributed by atoms with E-state index in [0.29, 0.717) is 44.5 Å². The van der Waals surface area contributed by atoms with Gasteiger partial charge in [0.15, 0.2) is 6.61 Å². The Hall–Kier alpha value is -2.24. The molecule has 0 N–H and O–H groups in total. The van der Waals surface area contributed by atoms with Crippen LogP contribution >= 0.6 is 0 Å². The Kier molecular flexibility index (Phi) is 6.67. The van der Waals surface area contributed by atoms with Gasteiger partial charge in [-0.1, -0.05) is 19.9 Å². The molecule has 0 unspecified atom stereocenters. The monoisotopic (exact) mass is 348 g/mol. The summed E-state index contributed by atoms with van der Waals surface area (Å²) in [5, 5.41) is 0. The second-order valence-corrected chi connectivity index (χ2v) is 6.87. The van der Waals surface area contributed by atoms with Crippen molar-refractivity contribution in [1.29, 1.82) is 0 Å². The average Bonchev–Trinajstić information content (AvgIpc) is 2.60. The number of amides is 2. The molecule has 1 aromatic carbocycles. The van der Waals surface area contributed by atoms with Crippen molar-refractivity contribution >= 4 is 12.0 Å². The number of hydrogen-bond donors (Lipinski definition) is 0. The molecule has 1 aliphatic heterocycles. The first-order chi connectivity index (χ1) is 11.9. The van der Waals surface area contributed by atoms with E-state index < -0.39 is 0 Å². The fourth-order valence-electron chi connectivity index (χ4n) is 2.51. The zero-order valence-corrected chi connectivity index (χ0v) is 15.6. The average molecular weight is 348 g/mol. The molecule has 1 aliphatic rings. The molecule has 6 heteroatoms. The number of ether oxygens (including phenoxy) is 2. The number of carbonyl (C=O) groups excluding carboxylic acids is 2. The molecule has 2 rings (SSSR count). The second kappa shape index (κ2) is 8.74. The highest BCUT2D eigenvalue weighted by Crippen LogP contribution is 2.16. The SMILES string of the molecule is Cc1ccc(OCC(=O)N2CCN(C(=O)OCC(C)C)CC2)cc1C. The molecule has 6 nitrogen and oxygen atoms in total. The predicted octanol–water partition coefficient (Wildman–Crippen LogP) is 2.62. The van der Waals surface area contributed by atoms with Crippen LogP contribution in [0.1, 0.15) is 25.0 Å². The molecular formula is C19H28N2O4. The lowest BCUT2D eigenvalue weighted by atomic mass is 10.1. The zero-order valence-electron chi connectivity index (χ0n) is 15.6. The smallest absolute Gasteiger partial charge is 0.409 e. The van der Waals surface area contributed by atoms with Crippen LogP contribution in [-0.4, -0.2) is 61.2 Å². The van der Waals surface area contributed by atoms with E-state index in [1.54, 1.807) is 9.80 Å². The first kappa shape index (κ1) is 19.1. The van der Waals surface area contributed by atoms with Crippen LogP contribution in [0.2, 0.25) is 0 Å². The highest BCUT2D eigenvalue weighted by atomic mass is 16.6. The molecule has 0 bridgehead atoms. The van der Waals surface area contributed by atoms with Gasteiger partial charge in [0.2, 0.25) is 0 Å². The second-order valence-electron chi connectivity index (χ2n) is 6.87. The van der Waals surface area contributed by atoms with Crippen LogP contribution in [0.5, 0.6) is 5.75 Å². The number of piperazine rings is 1. The van der Waals surface area contributed by atoms with Gasteiger partial charge < -0.3 is 19.3 Å². The van der Waals surface area contributed by atoms with E-state index in [0.717, 1.165) is 5.56 Å². The third-order valence-corrected chi connectivity index (χ3v) is 4.27. The van der Waals surface area contributed by atoms with Gasteiger partial charge in [-0.15, -0.1) is 0 Å². The first-order valence-electron chi connectivity index (χ1n) is 8.76. The predicted molar refractivity (Wildman–Crippen MR) is 95.8 cm³/mol. The summed E-state index contributed by atoms with van der Waals surface area (Å²) in [4.78, 5) is 27.6. The minimum absolute atomic E-state index is 0.0142. The summed E-state index contributed by atoms with van der Waals surface area (Å²) in [7, 11) is 0. The largest absolute Gasteiger partial charge is 0.484 e. The molecule has 1 fully saturated rings. The minimum atomic E-state index is -0.299. The van der Waals surface area contributed by atoms with Crippen molar-refractivity contribution in [3.05, 3.63) is 29.3 Å². The maximum atomic E-state index is 12.3. The van der Waals surface area contributed by atoms with Gasteiger partial charge in [-0.05, 0) is 43.0 Å². The molecule has 1 heterocycles. The molecule has 0 spiro atoms. The fraction of sp³-hybridized carbons (Fsp3) is 0.579. The fourth-order valence-corrected chi connectivity index (χ4v) is 2.51. The molecule has 0 aliphatic carbocycles. The van der Waals surface area contributed by atoms with Crippen LogP contribution in [0.3, 0.4) is 0 Å². The number of hydrogen-bond acceptors (Lipinski definition) is 4. The van der Waals surface area contributed by atoms with E-state index >= 15 is 0 Å². The van der Waals surface area contributed by atoms with E-state index in [2.05, 4.69) is 0 Å². The summed E-state index contributed by atoms with van der Waals surface area (Å²) < 4.78 is 10.8. The summed E-state index contributed by atoms with van der Waals surface area (Å²) in [5.74, 6) is 0.954. The quantitative estimate of drug-likeness (QED) is 0.821. The molecule has 1 saturated heterocycles. The maximum Gasteiger partial charge on any atom is 0.409 e. The third kappa shape index (κ3) is 5.66. The Morgan fingerprint density at radius 1 is 1.04 bits per heavy atom. The summed E-state index contributed by atoms with van der Waals surface area (Å²) in [6, 6.07) is 5.79. The maximum absolute atomic E-state index is 12.3. The van der Waals surface area contributed by atoms with E-state index in [9.17, 15) is 9.59 Å². The summed E-state index contributed by atoms with van der Waals surface area (Å²) in [6.45, 7) is 10.5. The summed E-state index contributed by atoms with van der Waals surface area (Å²) in [6.07, 6.45) is -0.299. The van der Waals surface area contributed by atoms with Gasteiger partial charge in [0.25, 0.3) is 5.91 Å². The zero-order chi connectivity index (χ0) is 18.4. The van der Waals surface area contributed by atoms with E-state index in [1.165, 1.54) is 5.56 Å². The number of nitrogens with zero attached hydrogens (tertiary/aromatic N) is 2. The third-order valence-electron chi connectivity index (χ3n) is 4.27. The van der Waals surface area contributed by atoms with Crippen LogP contribution in [0, 0.1) is 19.8 Å². The molecule has 25 heavy (non-hydrogen) atoms. The number of aryl methyl sites for hydroxylation is 2. The Morgan fingerprint density at radius 2 is 1.68 bits per heavy atom. The number of benzene rings is 1. The lowest BCUT2D eigenvalue weighted by Gasteiger charge is -2.34. The van der Waals surface area contributed by atoms with E-state index in [4.69, 9.17) is 9.47 Å². The highest BCUT2D eigenvalue weighted by Gasteiger charge is 2.25. The Bertz CT molecular complexity index is 607. The van der Waals surface area contributed by atoms with Crippen molar-refractivity contribution in [3.8, 4) is 5.75 Å². The first-order valence-corrected chi connectivity index (χ1v) is 8.76. The van der Waals surface area contributed by atoms with Gasteiger partial charge in [0.1, 0.15) is 5.75 Å². The van der Waals surface area contributed by atoms with Crippen molar-refractivity contribution in [2.24, 2.45) is 5.92 Å². The van der Waals surface area contributed by atoms with Crippen LogP contribution < -0.4 is 4.74 Å². The number of rotatable bonds is 5. The Labute approximate surface area is 149 Å². The van der Waals surface area contributed by atoms with Gasteiger partial charge >= 0.3 is 6.09 Å². The Morgan fingerprint density at radius 3 is 2.28 bits per heavy atom. The molecule has 0 atom stereocenters. The number of carbonyl (C=O) groups is 2. The van der Waals surface area contributed by atoms with Crippen LogP contribution in [-0.2, 0) is 9.53 Å². The molecule has 2 amide bonds. The van der Waals surface area contributed by atoms with Crippen LogP contribution in [0.25, 0.3) is 0 Å². The Balaban J connectivity index is 1.75. The normalized spacial score (nSPS) is 14.6. The van der Waals surface area contributed by atoms with Crippen LogP contribution in [0.15, 0.2) is 18.2 Å². The van der Waals surface area contributed by atoms with Crippen LogP contribution in [0.4, 0.5) is 4.79 Å². The van der Waals surface area contributed by atoms with Gasteiger partial charge in [-0.2, -0.15) is 0 Å². The lowest BCUT2D eigenvalue weighted by molar-refractivity contribution is -0.135. The van der Waals surface area contributed by atoms with Crippen molar-refractivity contribution in [2.45, 2.75) is 27.7 Å². The van der Waals surface area contributed by atoms with E-state index in [-0.39, 0.29) is 18.6 Å². The standard InChI is InChI=1S/C19H28N2O4/c1-14(2)12-25-19(23)21-9-7-20(8-10-21)18(22)13-24-17-6-5-15(3)16(4)11-17/h5-6,11,14H,7-10,12-13H2,1-4H3. The minimum Gasteiger partial charge on any atom is -0.484 e. The topological polar surface area (TPSA) is 59.1 Å². The molecule has 1 aromatic rings.